The molecule has 1 N–H and O–H groups in total. The molecule has 13 heteroatoms. The van der Waals surface area contributed by atoms with Crippen molar-refractivity contribution in [1.29, 1.82) is 0 Å². The lowest BCUT2D eigenvalue weighted by molar-refractivity contribution is -0.147. The van der Waals surface area contributed by atoms with Gasteiger partial charge >= 0.3 is 11.9 Å². The van der Waals surface area contributed by atoms with Crippen molar-refractivity contribution < 1.29 is 22.7 Å². The summed E-state index contributed by atoms with van der Waals surface area (Å²) < 4.78 is 58.7. The fraction of sp³-hybridized carbons (Fsp3) is 0.304. The molecule has 4 aromatic rings. The minimum absolute atomic E-state index is 0.0556. The third-order valence-corrected chi connectivity index (χ3v) is 6.05. The molecule has 1 unspecified atom stereocenters. The highest BCUT2D eigenvalue weighted by molar-refractivity contribution is 6.32. The van der Waals surface area contributed by atoms with Crippen molar-refractivity contribution in [3.63, 3.8) is 0 Å². The summed E-state index contributed by atoms with van der Waals surface area (Å²) in [7, 11) is 0. The van der Waals surface area contributed by atoms with E-state index in [1.807, 2.05) is 0 Å². The van der Waals surface area contributed by atoms with Crippen LogP contribution in [0.3, 0.4) is 0 Å². The number of rotatable bonds is 5. The van der Waals surface area contributed by atoms with Crippen molar-refractivity contribution in [2.75, 3.05) is 0 Å². The quantitative estimate of drug-likeness (QED) is 0.393. The molecule has 0 saturated heterocycles. The number of hydrogen-bond acceptors (Lipinski definition) is 5. The highest BCUT2D eigenvalue weighted by Gasteiger charge is 2.40. The van der Waals surface area contributed by atoms with Crippen molar-refractivity contribution in [2.45, 2.75) is 45.5 Å². The van der Waals surface area contributed by atoms with E-state index in [0.29, 0.717) is 4.68 Å². The largest absolute Gasteiger partial charge is 0.397 e. The van der Waals surface area contributed by atoms with Crippen molar-refractivity contribution in [1.82, 2.24) is 24.1 Å². The van der Waals surface area contributed by atoms with Gasteiger partial charge in [-0.05, 0) is 51.1 Å². The number of hydrogen-bond donors (Lipinski definition) is 1. The van der Waals surface area contributed by atoms with E-state index in [-0.39, 0.29) is 33.3 Å². The molecule has 1 atom stereocenters. The first-order valence-electron chi connectivity index (χ1n) is 10.8. The van der Waals surface area contributed by atoms with Crippen LogP contribution in [0.5, 0.6) is 0 Å². The van der Waals surface area contributed by atoms with Crippen molar-refractivity contribution in [2.24, 2.45) is 0 Å². The van der Waals surface area contributed by atoms with Crippen molar-refractivity contribution in [3.05, 3.63) is 79.6 Å². The average molecular weight is 526 g/mol. The van der Waals surface area contributed by atoms with Crippen LogP contribution in [-0.2, 0) is 6.61 Å². The van der Waals surface area contributed by atoms with E-state index in [1.54, 1.807) is 13.8 Å². The number of aliphatic hydroxyl groups excluding tert-OH is 1. The van der Waals surface area contributed by atoms with Crippen LogP contribution < -0.4 is 11.2 Å². The fourth-order valence-corrected chi connectivity index (χ4v) is 4.16. The molecule has 2 heterocycles. The predicted molar refractivity (Wildman–Crippen MR) is 124 cm³/mol. The Bertz CT molecular complexity index is 1570. The van der Waals surface area contributed by atoms with E-state index in [9.17, 15) is 32.3 Å². The number of fused-ring (bicyclic) bond motifs is 1. The molecule has 0 aliphatic rings. The lowest BCUT2D eigenvalue weighted by Gasteiger charge is -2.19. The van der Waals surface area contributed by atoms with Gasteiger partial charge in [0, 0.05) is 11.4 Å². The molecule has 0 radical (unpaired) electrons. The Hall–Kier alpha value is -3.51. The summed E-state index contributed by atoms with van der Waals surface area (Å²) in [5.41, 5.74) is -2.53. The summed E-state index contributed by atoms with van der Waals surface area (Å²) in [6.07, 6.45) is -4.75. The molecule has 190 valence electrons. The predicted octanol–water partition coefficient (Wildman–Crippen LogP) is 4.26. The minimum atomic E-state index is -4.75. The van der Waals surface area contributed by atoms with E-state index in [1.165, 1.54) is 34.9 Å². The molecule has 2 aromatic heterocycles. The molecule has 0 amide bonds. The molecule has 36 heavy (non-hydrogen) atoms. The second-order valence-corrected chi connectivity index (χ2v) is 8.81. The fourth-order valence-electron chi connectivity index (χ4n) is 3.92. The van der Waals surface area contributed by atoms with E-state index < -0.39 is 47.1 Å². The zero-order valence-electron chi connectivity index (χ0n) is 19.2. The maximum atomic E-state index is 14.6. The Labute approximate surface area is 206 Å². The topological polar surface area (TPSA) is 94.9 Å². The van der Waals surface area contributed by atoms with Crippen LogP contribution >= 0.6 is 11.6 Å². The first-order chi connectivity index (χ1) is 16.9. The molecule has 2 aromatic carbocycles. The molecule has 0 spiro atoms. The van der Waals surface area contributed by atoms with Gasteiger partial charge in [-0.2, -0.15) is 27.6 Å². The van der Waals surface area contributed by atoms with Gasteiger partial charge in [0.25, 0.3) is 5.56 Å². The van der Waals surface area contributed by atoms with Gasteiger partial charge in [-0.1, -0.05) is 17.7 Å². The van der Waals surface area contributed by atoms with Gasteiger partial charge in [0.15, 0.2) is 11.6 Å². The van der Waals surface area contributed by atoms with Gasteiger partial charge in [-0.15, -0.1) is 5.10 Å². The Kier molecular flexibility index (Phi) is 6.52. The monoisotopic (exact) mass is 525 g/mol. The summed E-state index contributed by atoms with van der Waals surface area (Å²) >= 11 is 6.06. The summed E-state index contributed by atoms with van der Waals surface area (Å²) in [6, 6.07) is 6.94. The van der Waals surface area contributed by atoms with Gasteiger partial charge in [-0.25, -0.2) is 9.18 Å². The van der Waals surface area contributed by atoms with Gasteiger partial charge in [-0.3, -0.25) is 9.36 Å². The van der Waals surface area contributed by atoms with Crippen LogP contribution in [0, 0.1) is 5.82 Å². The normalized spacial score (nSPS) is 13.1. The molecule has 8 nitrogen and oxygen atoms in total. The first-order valence-corrected chi connectivity index (χ1v) is 11.1. The summed E-state index contributed by atoms with van der Waals surface area (Å²) in [4.78, 5) is 26.2. The number of para-hydroxylation sites is 1. The summed E-state index contributed by atoms with van der Waals surface area (Å²) in [6.45, 7) is 3.72. The first kappa shape index (κ1) is 25.6. The maximum Gasteiger partial charge on any atom is 0.397 e. The van der Waals surface area contributed by atoms with E-state index in [0.717, 1.165) is 17.7 Å². The highest BCUT2D eigenvalue weighted by Crippen LogP contribution is 2.37. The van der Waals surface area contributed by atoms with Crippen LogP contribution in [0.15, 0.2) is 46.0 Å². The van der Waals surface area contributed by atoms with Gasteiger partial charge < -0.3 is 5.11 Å². The van der Waals surface area contributed by atoms with Crippen LogP contribution in [0.4, 0.5) is 17.6 Å². The van der Waals surface area contributed by atoms with Crippen molar-refractivity contribution >= 4 is 22.4 Å². The smallest absolute Gasteiger partial charge is 0.388 e. The van der Waals surface area contributed by atoms with E-state index in [2.05, 4.69) is 10.2 Å². The van der Waals surface area contributed by atoms with Crippen LogP contribution in [0.1, 0.15) is 44.2 Å². The maximum absolute atomic E-state index is 14.6. The second-order valence-electron chi connectivity index (χ2n) is 8.40. The third-order valence-electron chi connectivity index (χ3n) is 5.74. The standard InChI is InChI=1S/C23H20ClF4N5O3/c1-11(2)31-18(10-34)29-32(22(31)36)13-7-8-14-15(9-13)19(12(3)23(26,27)28)30-33(21(14)35)20-16(24)5-4-6-17(20)25/h4-9,11-12,34H,10H2,1-3H3. The van der Waals surface area contributed by atoms with E-state index in [4.69, 9.17) is 11.6 Å². The molecule has 0 saturated carbocycles. The Balaban J connectivity index is 2.07. The Morgan fingerprint density at radius 1 is 1.03 bits per heavy atom. The van der Waals surface area contributed by atoms with E-state index >= 15 is 0 Å². The lowest BCUT2D eigenvalue weighted by Crippen LogP contribution is -2.28. The molecule has 0 fully saturated rings. The molecular weight excluding hydrogens is 506 g/mol. The number of alkyl halides is 3. The van der Waals surface area contributed by atoms with Crippen LogP contribution in [-0.4, -0.2) is 35.4 Å². The number of aromatic nitrogens is 5. The number of aliphatic hydroxyl groups is 1. The SMILES string of the molecule is CC(C)n1c(CO)nn(-c2ccc3c(=O)n(-c4c(F)cccc4Cl)nc(C(C)C(F)(F)F)c3c2)c1=O. The van der Waals surface area contributed by atoms with Crippen LogP contribution in [0.2, 0.25) is 5.02 Å². The molecule has 0 aliphatic carbocycles. The van der Waals surface area contributed by atoms with Gasteiger partial charge in [0.2, 0.25) is 0 Å². The van der Waals surface area contributed by atoms with Crippen molar-refractivity contribution in [3.8, 4) is 11.4 Å². The van der Waals surface area contributed by atoms with Gasteiger partial charge in [0.1, 0.15) is 12.3 Å². The van der Waals surface area contributed by atoms with Crippen LogP contribution in [0.25, 0.3) is 22.1 Å². The molecule has 0 bridgehead atoms. The molecule has 4 rings (SSSR count). The minimum Gasteiger partial charge on any atom is -0.388 e. The lowest BCUT2D eigenvalue weighted by atomic mass is 10.0. The molecule has 0 aliphatic heterocycles. The zero-order valence-corrected chi connectivity index (χ0v) is 20.0. The zero-order chi connectivity index (χ0) is 26.5. The second kappa shape index (κ2) is 9.17. The number of nitrogens with zero attached hydrogens (tertiary/aromatic N) is 5. The number of halogens is 5. The Morgan fingerprint density at radius 3 is 2.28 bits per heavy atom. The Morgan fingerprint density at radius 2 is 1.72 bits per heavy atom. The molecular formula is C23H20ClF4N5O3. The average Bonchev–Trinajstić information content (AvgIpc) is 3.15. The summed E-state index contributed by atoms with van der Waals surface area (Å²) in [5, 5.41) is 17.0. The third kappa shape index (κ3) is 4.20. The summed E-state index contributed by atoms with van der Waals surface area (Å²) in [5.74, 6) is -3.05. The van der Waals surface area contributed by atoms with Gasteiger partial charge in [0.05, 0.1) is 27.7 Å². The highest BCUT2D eigenvalue weighted by atomic mass is 35.5. The number of benzene rings is 2.